The normalized spacial score (nSPS) is 9.48. The van der Waals surface area contributed by atoms with Gasteiger partial charge in [-0.3, -0.25) is 0 Å². The van der Waals surface area contributed by atoms with Gasteiger partial charge < -0.3 is 31.7 Å². The van der Waals surface area contributed by atoms with Gasteiger partial charge in [-0.15, -0.1) is 0 Å². The van der Waals surface area contributed by atoms with Crippen molar-refractivity contribution in [2.45, 2.75) is 18.5 Å². The smallest absolute Gasteiger partial charge is 0.475 e. The molecular weight excluding hydrogens is 539 g/mol. The summed E-state index contributed by atoms with van der Waals surface area (Å²) in [5.41, 5.74) is 0. The van der Waals surface area contributed by atoms with E-state index in [0.717, 1.165) is 0 Å². The molecule has 0 aliphatic rings. The van der Waals surface area contributed by atoms with Gasteiger partial charge in [0, 0.05) is 49.4 Å². The maximum atomic E-state index is 10.6. The minimum absolute atomic E-state index is 0. The van der Waals surface area contributed by atoms with E-state index in [1.807, 2.05) is 0 Å². The number of halogens is 9. The summed E-state index contributed by atoms with van der Waals surface area (Å²) in [6, 6.07) is 0. The molecule has 0 aromatic rings. The van der Waals surface area contributed by atoms with Crippen LogP contribution in [0.4, 0.5) is 39.5 Å². The molecule has 0 aromatic carbocycles. The van der Waals surface area contributed by atoms with Crippen molar-refractivity contribution in [3.8, 4) is 0 Å². The number of aliphatic carboxylic acids is 3. The van der Waals surface area contributed by atoms with E-state index in [4.69, 9.17) is 29.7 Å². The maximum Gasteiger partial charge on any atom is 0.490 e. The van der Waals surface area contributed by atoms with Gasteiger partial charge in [0.25, 0.3) is 0 Å². The van der Waals surface area contributed by atoms with Crippen LogP contribution in [0.3, 0.4) is 0 Å². The first-order valence-electron chi connectivity index (χ1n) is 3.73. The zero-order chi connectivity index (χ0) is 18.2. The Morgan fingerprint density at radius 2 is 0.520 bits per heavy atom. The minimum atomic E-state index is -5.08. The Hall–Kier alpha value is -0.756. The van der Waals surface area contributed by atoms with Crippen molar-refractivity contribution in [2.75, 3.05) is 0 Å². The van der Waals surface area contributed by atoms with Crippen molar-refractivity contribution in [1.82, 2.24) is 0 Å². The number of rotatable bonds is 0. The van der Waals surface area contributed by atoms with Crippen molar-refractivity contribution in [3.05, 3.63) is 0 Å². The fourth-order valence-corrected chi connectivity index (χ4v) is 0. The van der Waals surface area contributed by atoms with E-state index >= 15 is 0 Å². The van der Waals surface area contributed by atoms with Gasteiger partial charge in [-0.05, 0) is 0 Å². The maximum absolute atomic E-state index is 10.6. The molecular formula is C6H9EuF9O9. The second-order valence-electron chi connectivity index (χ2n) is 2.41. The average Bonchev–Trinajstić information content (AvgIpc) is 2.14. The molecule has 0 heterocycles. The summed E-state index contributed by atoms with van der Waals surface area (Å²) in [4.78, 5) is 26.7. The van der Waals surface area contributed by atoms with E-state index in [9.17, 15) is 39.5 Å². The standard InChI is InChI=1S/3C2HF3O2.Eu.3H2O/c3*3-2(4,5)1(6)7;;;;/h3*(H,6,7);;3*1H2. The number of hydrogen-bond donors (Lipinski definition) is 3. The van der Waals surface area contributed by atoms with Crippen LogP contribution in [0.15, 0.2) is 0 Å². The van der Waals surface area contributed by atoms with Gasteiger partial charge in [-0.2, -0.15) is 39.5 Å². The number of carbonyl (C=O) groups is 3. The van der Waals surface area contributed by atoms with Crippen LogP contribution in [0.5, 0.6) is 0 Å². The van der Waals surface area contributed by atoms with E-state index in [-0.39, 0.29) is 65.8 Å². The predicted octanol–water partition coefficient (Wildman–Crippen LogP) is -0.574. The molecule has 0 unspecified atom stereocenters. The van der Waals surface area contributed by atoms with Crippen LogP contribution in [-0.2, 0) is 14.4 Å². The molecule has 25 heavy (non-hydrogen) atoms. The zero-order valence-electron chi connectivity index (χ0n) is 10.8. The second-order valence-corrected chi connectivity index (χ2v) is 2.41. The van der Waals surface area contributed by atoms with Gasteiger partial charge in [-0.1, -0.05) is 0 Å². The number of alkyl halides is 9. The Morgan fingerprint density at radius 3 is 0.520 bits per heavy atom. The molecule has 0 fully saturated rings. The fraction of sp³-hybridized carbons (Fsp3) is 0.500. The summed E-state index contributed by atoms with van der Waals surface area (Å²) in [5, 5.41) is 21.4. The van der Waals surface area contributed by atoms with E-state index in [1.165, 1.54) is 0 Å². The molecule has 9 nitrogen and oxygen atoms in total. The summed E-state index contributed by atoms with van der Waals surface area (Å²) in [6.07, 6.45) is -15.3. The Balaban J connectivity index is -0.0000000360. The first kappa shape index (κ1) is 44.1. The van der Waals surface area contributed by atoms with Gasteiger partial charge in [0.05, 0.1) is 0 Å². The third kappa shape index (κ3) is 35.3. The topological polar surface area (TPSA) is 206 Å². The third-order valence-corrected chi connectivity index (χ3v) is 0.728. The largest absolute Gasteiger partial charge is 0.490 e. The molecule has 0 aromatic heterocycles. The quantitative estimate of drug-likeness (QED) is 0.338. The Bertz CT molecular complexity index is 318. The van der Waals surface area contributed by atoms with Crippen LogP contribution < -0.4 is 0 Å². The molecule has 0 atom stereocenters. The molecule has 0 aliphatic heterocycles. The fourth-order valence-electron chi connectivity index (χ4n) is 0. The van der Waals surface area contributed by atoms with Crippen LogP contribution in [0.1, 0.15) is 0 Å². The van der Waals surface area contributed by atoms with Crippen LogP contribution in [0.2, 0.25) is 0 Å². The Kier molecular flexibility index (Phi) is 29.4. The van der Waals surface area contributed by atoms with Crippen molar-refractivity contribution in [2.24, 2.45) is 0 Å². The predicted molar refractivity (Wildman–Crippen MR) is 51.9 cm³/mol. The molecule has 1 radical (unpaired) electrons. The van der Waals surface area contributed by atoms with E-state index in [1.54, 1.807) is 0 Å². The average molecular weight is 548 g/mol. The van der Waals surface area contributed by atoms with Crippen molar-refractivity contribution in [3.63, 3.8) is 0 Å². The molecule has 0 saturated heterocycles. The molecule has 0 aliphatic carbocycles. The molecule has 0 saturated carbocycles. The summed E-state index contributed by atoms with van der Waals surface area (Å²) in [6.45, 7) is 0. The summed E-state index contributed by atoms with van der Waals surface area (Å²) in [5.74, 6) is -8.27. The molecule has 0 amide bonds. The first-order valence-corrected chi connectivity index (χ1v) is 3.73. The van der Waals surface area contributed by atoms with Gasteiger partial charge >= 0.3 is 36.4 Å². The number of carboxylic acid groups (broad SMARTS) is 3. The van der Waals surface area contributed by atoms with E-state index < -0.39 is 36.4 Å². The van der Waals surface area contributed by atoms with Crippen molar-refractivity contribution in [1.29, 1.82) is 0 Å². The zero-order valence-corrected chi connectivity index (χ0v) is 13.3. The van der Waals surface area contributed by atoms with Gasteiger partial charge in [0.15, 0.2) is 0 Å². The molecule has 0 rings (SSSR count). The van der Waals surface area contributed by atoms with E-state index in [0.29, 0.717) is 0 Å². The minimum Gasteiger partial charge on any atom is -0.475 e. The van der Waals surface area contributed by atoms with Crippen molar-refractivity contribution < 1.29 is 135 Å². The molecule has 19 heteroatoms. The summed E-state index contributed by atoms with van der Waals surface area (Å²) < 4.78 is 95.2. The molecule has 0 spiro atoms. The van der Waals surface area contributed by atoms with Crippen LogP contribution >= 0.6 is 0 Å². The number of hydrogen-bond acceptors (Lipinski definition) is 3. The van der Waals surface area contributed by atoms with Gasteiger partial charge in [0.1, 0.15) is 0 Å². The monoisotopic (exact) mass is 549 g/mol. The second kappa shape index (κ2) is 16.7. The Morgan fingerprint density at radius 1 is 0.480 bits per heavy atom. The first-order chi connectivity index (χ1) is 8.83. The Labute approximate surface area is 170 Å². The summed E-state index contributed by atoms with van der Waals surface area (Å²) >= 11 is 0. The number of carboxylic acids is 3. The van der Waals surface area contributed by atoms with Crippen LogP contribution in [0.25, 0.3) is 0 Å². The van der Waals surface area contributed by atoms with Crippen LogP contribution in [0, 0.1) is 49.4 Å². The van der Waals surface area contributed by atoms with Gasteiger partial charge in [0.2, 0.25) is 0 Å². The molecule has 9 N–H and O–H groups in total. The van der Waals surface area contributed by atoms with E-state index in [2.05, 4.69) is 0 Å². The molecule has 157 valence electrons. The summed E-state index contributed by atoms with van der Waals surface area (Å²) in [7, 11) is 0. The SMILES string of the molecule is O.O.O.O=C(O)C(F)(F)F.O=C(O)C(F)(F)F.O=C(O)C(F)(F)F.[Eu]. The third-order valence-electron chi connectivity index (χ3n) is 0.728. The van der Waals surface area contributed by atoms with Crippen molar-refractivity contribution >= 4 is 17.9 Å². The van der Waals surface area contributed by atoms with Crippen LogP contribution in [-0.4, -0.2) is 68.2 Å². The van der Waals surface area contributed by atoms with Gasteiger partial charge in [-0.25, -0.2) is 14.4 Å². The molecule has 0 bridgehead atoms.